The summed E-state index contributed by atoms with van der Waals surface area (Å²) in [5.74, 6) is 1.25. The van der Waals surface area contributed by atoms with E-state index in [1.165, 1.54) is 25.7 Å². The summed E-state index contributed by atoms with van der Waals surface area (Å²) in [6.45, 7) is 20.5. The predicted octanol–water partition coefficient (Wildman–Crippen LogP) is 7.06. The number of aliphatic hydroxyl groups is 3. The molecule has 35 heavy (non-hydrogen) atoms. The average molecular weight is 487 g/mol. The topological polar surface area (TPSA) is 60.7 Å². The molecular weight excluding hydrogens is 432 g/mol. The highest BCUT2D eigenvalue weighted by molar-refractivity contribution is 5.39. The van der Waals surface area contributed by atoms with Crippen molar-refractivity contribution >= 4 is 0 Å². The molecule has 200 valence electrons. The standard InChI is InChI=1S/C32H54O3/c1-10-21(19(2)3)28(35)27(34)20(4)22-13-17-32(9)24-11-12-25-29(5,6)26(33)15-16-30(25,7)23(24)14-18-31(22,32)8/h10,19-20,22,25-28,33-35H,11-18H2,1-9H3/b21-10+/t20-,22+,25-,26-,27+,28-,30+,31+,32-/m0/s1. The highest BCUT2D eigenvalue weighted by Crippen LogP contribution is 2.72. The van der Waals surface area contributed by atoms with Crippen LogP contribution in [0.2, 0.25) is 0 Å². The van der Waals surface area contributed by atoms with Crippen molar-refractivity contribution in [3.8, 4) is 0 Å². The van der Waals surface area contributed by atoms with Gasteiger partial charge in [-0.25, -0.2) is 0 Å². The van der Waals surface area contributed by atoms with E-state index in [1.807, 2.05) is 13.0 Å². The third kappa shape index (κ3) is 3.76. The molecule has 9 atom stereocenters. The minimum atomic E-state index is -0.783. The van der Waals surface area contributed by atoms with Gasteiger partial charge in [-0.15, -0.1) is 0 Å². The van der Waals surface area contributed by atoms with E-state index in [1.54, 1.807) is 11.1 Å². The van der Waals surface area contributed by atoms with Gasteiger partial charge in [0.25, 0.3) is 0 Å². The molecule has 0 unspecified atom stereocenters. The van der Waals surface area contributed by atoms with Crippen LogP contribution in [0.15, 0.2) is 22.8 Å². The molecule has 4 aliphatic rings. The van der Waals surface area contributed by atoms with Gasteiger partial charge in [0.2, 0.25) is 0 Å². The van der Waals surface area contributed by atoms with Crippen molar-refractivity contribution in [3.63, 3.8) is 0 Å². The molecule has 3 nitrogen and oxygen atoms in total. The Morgan fingerprint density at radius 2 is 1.54 bits per heavy atom. The van der Waals surface area contributed by atoms with Crippen molar-refractivity contribution in [1.29, 1.82) is 0 Å². The fourth-order valence-corrected chi connectivity index (χ4v) is 10.1. The Morgan fingerprint density at radius 1 is 0.886 bits per heavy atom. The Kier molecular flexibility index (Phi) is 7.03. The second-order valence-corrected chi connectivity index (χ2v) is 14.5. The van der Waals surface area contributed by atoms with Crippen molar-refractivity contribution < 1.29 is 15.3 Å². The summed E-state index contributed by atoms with van der Waals surface area (Å²) in [6, 6.07) is 0. The molecule has 0 aliphatic heterocycles. The van der Waals surface area contributed by atoms with E-state index in [2.05, 4.69) is 55.4 Å². The average Bonchev–Trinajstić information content (AvgIpc) is 3.07. The van der Waals surface area contributed by atoms with Crippen LogP contribution in [-0.4, -0.2) is 33.6 Å². The Morgan fingerprint density at radius 3 is 2.14 bits per heavy atom. The van der Waals surface area contributed by atoms with Crippen LogP contribution in [-0.2, 0) is 0 Å². The van der Waals surface area contributed by atoms with Crippen LogP contribution in [0.3, 0.4) is 0 Å². The number of rotatable bonds is 5. The summed E-state index contributed by atoms with van der Waals surface area (Å²) in [6.07, 6.45) is 9.32. The van der Waals surface area contributed by atoms with Crippen molar-refractivity contribution in [1.82, 2.24) is 0 Å². The lowest BCUT2D eigenvalue weighted by Gasteiger charge is -2.62. The van der Waals surface area contributed by atoms with Crippen LogP contribution in [0.4, 0.5) is 0 Å². The highest BCUT2D eigenvalue weighted by atomic mass is 16.3. The quantitative estimate of drug-likeness (QED) is 0.365. The second-order valence-electron chi connectivity index (χ2n) is 14.5. The van der Waals surface area contributed by atoms with Gasteiger partial charge in [-0.1, -0.05) is 72.6 Å². The molecule has 4 aliphatic carbocycles. The molecule has 0 spiro atoms. The second kappa shape index (κ2) is 8.98. The van der Waals surface area contributed by atoms with E-state index in [4.69, 9.17) is 0 Å². The zero-order chi connectivity index (χ0) is 26.1. The maximum atomic E-state index is 11.4. The number of hydrogen-bond acceptors (Lipinski definition) is 3. The molecule has 0 radical (unpaired) electrons. The zero-order valence-electron chi connectivity index (χ0n) is 24.1. The highest BCUT2D eigenvalue weighted by Gasteiger charge is 2.63. The summed E-state index contributed by atoms with van der Waals surface area (Å²) >= 11 is 0. The van der Waals surface area contributed by atoms with Gasteiger partial charge in [0.1, 0.15) is 6.10 Å². The van der Waals surface area contributed by atoms with E-state index in [9.17, 15) is 15.3 Å². The number of hydrogen-bond donors (Lipinski definition) is 3. The SMILES string of the molecule is C/C=C(\C(C)C)[C@H](O)[C@H](O)[C@@H](C)[C@H]1CC[C@@]2(C)C3=C(CC[C@]12C)[C@@]1(C)CC[C@H](O)C(C)(C)[C@@H]1CC3. The van der Waals surface area contributed by atoms with Gasteiger partial charge in [-0.05, 0) is 109 Å². The van der Waals surface area contributed by atoms with Gasteiger partial charge < -0.3 is 15.3 Å². The molecule has 2 saturated carbocycles. The molecule has 0 aromatic carbocycles. The lowest BCUT2D eigenvalue weighted by Crippen LogP contribution is -2.55. The fraction of sp³-hybridized carbons (Fsp3) is 0.875. The van der Waals surface area contributed by atoms with Gasteiger partial charge in [-0.2, -0.15) is 0 Å². The lowest BCUT2D eigenvalue weighted by molar-refractivity contribution is -0.0981. The first-order chi connectivity index (χ1) is 16.2. The van der Waals surface area contributed by atoms with Gasteiger partial charge in [0, 0.05) is 0 Å². The predicted molar refractivity (Wildman–Crippen MR) is 145 cm³/mol. The van der Waals surface area contributed by atoms with Crippen LogP contribution in [0.25, 0.3) is 0 Å². The fourth-order valence-electron chi connectivity index (χ4n) is 10.1. The van der Waals surface area contributed by atoms with Crippen LogP contribution in [0.5, 0.6) is 0 Å². The zero-order valence-corrected chi connectivity index (χ0v) is 24.1. The van der Waals surface area contributed by atoms with Gasteiger partial charge in [-0.3, -0.25) is 0 Å². The Labute approximate surface area is 215 Å². The summed E-state index contributed by atoms with van der Waals surface area (Å²) in [7, 11) is 0. The van der Waals surface area contributed by atoms with Crippen LogP contribution in [0.1, 0.15) is 114 Å². The van der Waals surface area contributed by atoms with Crippen LogP contribution < -0.4 is 0 Å². The van der Waals surface area contributed by atoms with Crippen molar-refractivity contribution in [2.45, 2.75) is 132 Å². The number of allylic oxidation sites excluding steroid dienone is 3. The normalized spacial score (nSPS) is 43.9. The maximum Gasteiger partial charge on any atom is 0.101 e. The first kappa shape index (κ1) is 27.4. The maximum absolute atomic E-state index is 11.4. The molecule has 4 rings (SSSR count). The van der Waals surface area contributed by atoms with E-state index in [0.29, 0.717) is 11.8 Å². The minimum absolute atomic E-state index is 0.0267. The molecule has 0 bridgehead atoms. The summed E-state index contributed by atoms with van der Waals surface area (Å²) < 4.78 is 0. The van der Waals surface area contributed by atoms with Crippen molar-refractivity contribution in [2.75, 3.05) is 0 Å². The molecule has 2 fully saturated rings. The monoisotopic (exact) mass is 486 g/mol. The van der Waals surface area contributed by atoms with Crippen LogP contribution >= 0.6 is 0 Å². The van der Waals surface area contributed by atoms with Crippen molar-refractivity contribution in [3.05, 3.63) is 22.8 Å². The molecule has 0 aromatic rings. The smallest absolute Gasteiger partial charge is 0.101 e. The summed E-state index contributed by atoms with van der Waals surface area (Å²) in [5, 5.41) is 33.3. The lowest BCUT2D eigenvalue weighted by atomic mass is 9.43. The Bertz CT molecular complexity index is 883. The van der Waals surface area contributed by atoms with E-state index >= 15 is 0 Å². The number of fused-ring (bicyclic) bond motifs is 4. The van der Waals surface area contributed by atoms with Gasteiger partial charge in [0.15, 0.2) is 0 Å². The Hall–Kier alpha value is -0.640. The summed E-state index contributed by atoms with van der Waals surface area (Å²) in [5.41, 5.74) is 4.92. The molecule has 0 heterocycles. The van der Waals surface area contributed by atoms with E-state index < -0.39 is 12.2 Å². The number of aliphatic hydroxyl groups excluding tert-OH is 3. The largest absolute Gasteiger partial charge is 0.393 e. The van der Waals surface area contributed by atoms with Gasteiger partial charge >= 0.3 is 0 Å². The molecule has 0 saturated heterocycles. The first-order valence-corrected chi connectivity index (χ1v) is 14.6. The third-order valence-corrected chi connectivity index (χ3v) is 12.6. The molecule has 0 amide bonds. The van der Waals surface area contributed by atoms with Gasteiger partial charge in [0.05, 0.1) is 12.2 Å². The molecular formula is C32H54O3. The third-order valence-electron chi connectivity index (χ3n) is 12.6. The molecule has 3 heteroatoms. The first-order valence-electron chi connectivity index (χ1n) is 14.6. The van der Waals surface area contributed by atoms with Crippen LogP contribution in [0, 0.1) is 45.3 Å². The Balaban J connectivity index is 1.66. The van der Waals surface area contributed by atoms with E-state index in [-0.39, 0.29) is 39.6 Å². The van der Waals surface area contributed by atoms with Crippen molar-refractivity contribution in [2.24, 2.45) is 45.3 Å². The molecule has 3 N–H and O–H groups in total. The minimum Gasteiger partial charge on any atom is -0.393 e. The van der Waals surface area contributed by atoms with E-state index in [0.717, 1.165) is 31.3 Å². The summed E-state index contributed by atoms with van der Waals surface area (Å²) in [4.78, 5) is 0. The molecule has 0 aromatic heterocycles.